The maximum atomic E-state index is 13.3. The molecule has 0 saturated carbocycles. The van der Waals surface area contributed by atoms with Crippen molar-refractivity contribution in [1.29, 1.82) is 0 Å². The molecule has 6 heteroatoms. The molecule has 3 aromatic rings. The quantitative estimate of drug-likeness (QED) is 0.485. The molecule has 0 aliphatic carbocycles. The van der Waals surface area contributed by atoms with Gasteiger partial charge < -0.3 is 18.6 Å². The molecule has 164 valence electrons. The minimum atomic E-state index is -0.215. The minimum absolute atomic E-state index is 0.00774. The predicted molar refractivity (Wildman–Crippen MR) is 118 cm³/mol. The third-order valence-electron chi connectivity index (χ3n) is 5.07. The van der Waals surface area contributed by atoms with Crippen LogP contribution in [0, 0.1) is 12.8 Å². The molecule has 6 nitrogen and oxygen atoms in total. The van der Waals surface area contributed by atoms with Crippen LogP contribution in [0.5, 0.6) is 0 Å². The molecule has 0 atom stereocenters. The zero-order valence-electron chi connectivity index (χ0n) is 18.4. The van der Waals surface area contributed by atoms with Gasteiger partial charge in [-0.3, -0.25) is 9.59 Å². The molecule has 2 amide bonds. The van der Waals surface area contributed by atoms with E-state index in [1.165, 1.54) is 0 Å². The molecule has 3 rings (SSSR count). The molecule has 0 unspecified atom stereocenters. The number of hydrogen-bond donors (Lipinski definition) is 0. The zero-order valence-corrected chi connectivity index (χ0v) is 18.4. The highest BCUT2D eigenvalue weighted by atomic mass is 16.3. The smallest absolute Gasteiger partial charge is 0.242 e. The Kier molecular flexibility index (Phi) is 7.70. The van der Waals surface area contributed by atoms with Crippen LogP contribution in [-0.2, 0) is 29.1 Å². The van der Waals surface area contributed by atoms with Crippen LogP contribution < -0.4 is 0 Å². The summed E-state index contributed by atoms with van der Waals surface area (Å²) in [5.41, 5.74) is 1.15. The first-order valence-electron chi connectivity index (χ1n) is 10.6. The number of amides is 2. The van der Waals surface area contributed by atoms with Crippen LogP contribution in [-0.4, -0.2) is 34.7 Å². The Hall–Kier alpha value is -3.28. The van der Waals surface area contributed by atoms with E-state index in [1.807, 2.05) is 69.3 Å². The topological polar surface area (TPSA) is 66.9 Å². The first kappa shape index (κ1) is 22.4. The fourth-order valence-electron chi connectivity index (χ4n) is 3.39. The fraction of sp³-hybridized carbons (Fsp3) is 0.360. The van der Waals surface area contributed by atoms with Crippen molar-refractivity contribution >= 4 is 11.8 Å². The van der Waals surface area contributed by atoms with Crippen molar-refractivity contribution in [3.63, 3.8) is 0 Å². The fourth-order valence-corrected chi connectivity index (χ4v) is 3.39. The van der Waals surface area contributed by atoms with E-state index in [0.717, 1.165) is 23.5 Å². The largest absolute Gasteiger partial charge is 0.467 e. The van der Waals surface area contributed by atoms with Crippen molar-refractivity contribution in [2.24, 2.45) is 5.92 Å². The third-order valence-corrected chi connectivity index (χ3v) is 5.07. The van der Waals surface area contributed by atoms with Gasteiger partial charge in [0.15, 0.2) is 0 Å². The van der Waals surface area contributed by atoms with E-state index in [4.69, 9.17) is 8.83 Å². The average Bonchev–Trinajstić information content (AvgIpc) is 3.42. The molecule has 2 aromatic heterocycles. The van der Waals surface area contributed by atoms with Gasteiger partial charge in [0, 0.05) is 12.5 Å². The summed E-state index contributed by atoms with van der Waals surface area (Å²) in [6.07, 6.45) is 2.29. The molecule has 0 aliphatic rings. The lowest BCUT2D eigenvalue weighted by atomic mass is 10.1. The van der Waals surface area contributed by atoms with Crippen LogP contribution in [0.1, 0.15) is 36.7 Å². The molecule has 0 N–H and O–H groups in total. The van der Waals surface area contributed by atoms with Crippen molar-refractivity contribution < 1.29 is 18.4 Å². The molecular weight excluding hydrogens is 392 g/mol. The highest BCUT2D eigenvalue weighted by Gasteiger charge is 2.24. The van der Waals surface area contributed by atoms with Gasteiger partial charge in [0.05, 0.1) is 19.4 Å². The maximum Gasteiger partial charge on any atom is 0.242 e. The van der Waals surface area contributed by atoms with Gasteiger partial charge in [-0.05, 0) is 43.2 Å². The number of nitrogens with zero attached hydrogens (tertiary/aromatic N) is 2. The van der Waals surface area contributed by atoms with Gasteiger partial charge in [-0.2, -0.15) is 0 Å². The van der Waals surface area contributed by atoms with Gasteiger partial charge in [-0.1, -0.05) is 44.2 Å². The van der Waals surface area contributed by atoms with Crippen molar-refractivity contribution in [3.8, 4) is 0 Å². The number of aryl methyl sites for hydroxylation is 1. The summed E-state index contributed by atoms with van der Waals surface area (Å²) in [7, 11) is 0. The minimum Gasteiger partial charge on any atom is -0.467 e. The van der Waals surface area contributed by atoms with E-state index in [2.05, 4.69) is 0 Å². The van der Waals surface area contributed by atoms with Crippen molar-refractivity contribution in [2.45, 2.75) is 40.3 Å². The van der Waals surface area contributed by atoms with Crippen molar-refractivity contribution in [3.05, 3.63) is 83.7 Å². The first-order valence-corrected chi connectivity index (χ1v) is 10.6. The Labute approximate surface area is 183 Å². The van der Waals surface area contributed by atoms with Gasteiger partial charge >= 0.3 is 0 Å². The molecular formula is C25H30N2O4. The molecule has 0 saturated heterocycles. The van der Waals surface area contributed by atoms with Crippen LogP contribution in [0.4, 0.5) is 0 Å². The van der Waals surface area contributed by atoms with Gasteiger partial charge in [-0.25, -0.2) is 0 Å². The second-order valence-corrected chi connectivity index (χ2v) is 7.99. The lowest BCUT2D eigenvalue weighted by molar-refractivity contribution is -0.143. The molecule has 0 radical (unpaired) electrons. The van der Waals surface area contributed by atoms with E-state index in [-0.39, 0.29) is 30.8 Å². The summed E-state index contributed by atoms with van der Waals surface area (Å²) in [6, 6.07) is 17.4. The van der Waals surface area contributed by atoms with Crippen molar-refractivity contribution in [2.75, 3.05) is 13.1 Å². The number of benzene rings is 1. The zero-order chi connectivity index (χ0) is 22.2. The third kappa shape index (κ3) is 6.60. The molecule has 2 heterocycles. The summed E-state index contributed by atoms with van der Waals surface area (Å²) in [4.78, 5) is 29.4. The normalized spacial score (nSPS) is 11.0. The number of hydrogen-bond acceptors (Lipinski definition) is 4. The Morgan fingerprint density at radius 1 is 0.903 bits per heavy atom. The monoisotopic (exact) mass is 422 g/mol. The Bertz CT molecular complexity index is 961. The van der Waals surface area contributed by atoms with Crippen LogP contribution in [0.2, 0.25) is 0 Å². The highest BCUT2D eigenvalue weighted by Crippen LogP contribution is 2.14. The number of carbonyl (C=O) groups is 2. The molecule has 0 bridgehead atoms. The molecule has 0 aliphatic heterocycles. The Morgan fingerprint density at radius 2 is 1.65 bits per heavy atom. The van der Waals surface area contributed by atoms with Gasteiger partial charge in [0.1, 0.15) is 23.8 Å². The standard InChI is InChI=1S/C25H30N2O4/c1-19(2)25(29)27(16-22-10-7-15-30-22)18-24(28)26(17-23-12-11-20(3)31-23)14-13-21-8-5-4-6-9-21/h4-12,15,19H,13-14,16-18H2,1-3H3. The summed E-state index contributed by atoms with van der Waals surface area (Å²) < 4.78 is 11.1. The Balaban J connectivity index is 1.74. The van der Waals surface area contributed by atoms with E-state index in [0.29, 0.717) is 18.8 Å². The summed E-state index contributed by atoms with van der Waals surface area (Å²) in [6.45, 7) is 6.71. The first-order chi connectivity index (χ1) is 14.9. The lowest BCUT2D eigenvalue weighted by Gasteiger charge is -2.28. The van der Waals surface area contributed by atoms with Crippen molar-refractivity contribution in [1.82, 2.24) is 9.80 Å². The number of rotatable bonds is 10. The Morgan fingerprint density at radius 3 is 2.26 bits per heavy atom. The van der Waals surface area contributed by atoms with E-state index in [1.54, 1.807) is 22.1 Å². The average molecular weight is 423 g/mol. The number of carbonyl (C=O) groups excluding carboxylic acids is 2. The van der Waals surface area contributed by atoms with Crippen LogP contribution in [0.25, 0.3) is 0 Å². The van der Waals surface area contributed by atoms with Gasteiger partial charge in [0.2, 0.25) is 11.8 Å². The second-order valence-electron chi connectivity index (χ2n) is 7.99. The molecule has 1 aromatic carbocycles. The van der Waals surface area contributed by atoms with Gasteiger partial charge in [0.25, 0.3) is 0 Å². The van der Waals surface area contributed by atoms with E-state index >= 15 is 0 Å². The second kappa shape index (κ2) is 10.7. The molecule has 0 spiro atoms. The predicted octanol–water partition coefficient (Wildman–Crippen LogP) is 4.44. The summed E-state index contributed by atoms with van der Waals surface area (Å²) in [5.74, 6) is 1.77. The number of furan rings is 2. The van der Waals surface area contributed by atoms with Crippen LogP contribution in [0.3, 0.4) is 0 Å². The summed E-state index contributed by atoms with van der Waals surface area (Å²) in [5, 5.41) is 0. The maximum absolute atomic E-state index is 13.3. The van der Waals surface area contributed by atoms with E-state index < -0.39 is 0 Å². The highest BCUT2D eigenvalue weighted by molar-refractivity contribution is 5.85. The SMILES string of the molecule is Cc1ccc(CN(CCc2ccccc2)C(=O)CN(Cc2ccco2)C(=O)C(C)C)o1. The lowest BCUT2D eigenvalue weighted by Crippen LogP contribution is -2.44. The molecule has 31 heavy (non-hydrogen) atoms. The van der Waals surface area contributed by atoms with Gasteiger partial charge in [-0.15, -0.1) is 0 Å². The van der Waals surface area contributed by atoms with Crippen LogP contribution >= 0.6 is 0 Å². The molecule has 0 fully saturated rings. The van der Waals surface area contributed by atoms with E-state index in [9.17, 15) is 9.59 Å². The van der Waals surface area contributed by atoms with Crippen LogP contribution in [0.15, 0.2) is 69.7 Å². The summed E-state index contributed by atoms with van der Waals surface area (Å²) >= 11 is 0.